The van der Waals surface area contributed by atoms with Crippen molar-refractivity contribution in [2.75, 3.05) is 39.3 Å². The first-order valence-electron chi connectivity index (χ1n) is 8.69. The van der Waals surface area contributed by atoms with E-state index in [9.17, 15) is 5.11 Å². The molecule has 118 valence electrons. The molecule has 2 saturated heterocycles. The maximum absolute atomic E-state index is 9.64. The molecule has 2 heterocycles. The zero-order valence-electron chi connectivity index (χ0n) is 13.7. The summed E-state index contributed by atoms with van der Waals surface area (Å²) in [6.45, 7) is 14.1. The molecule has 0 spiro atoms. The van der Waals surface area contributed by atoms with Crippen molar-refractivity contribution in [1.82, 2.24) is 9.80 Å². The van der Waals surface area contributed by atoms with E-state index in [1.807, 2.05) is 6.92 Å². The zero-order chi connectivity index (χ0) is 14.5. The number of hydrogen-bond donors (Lipinski definition) is 1. The Labute approximate surface area is 125 Å². The molecule has 1 atom stereocenters. The lowest BCUT2D eigenvalue weighted by Gasteiger charge is -2.37. The van der Waals surface area contributed by atoms with E-state index in [0.717, 1.165) is 11.8 Å². The second-order valence-electron chi connectivity index (χ2n) is 7.34. The minimum atomic E-state index is -0.118. The lowest BCUT2D eigenvalue weighted by atomic mass is 9.87. The van der Waals surface area contributed by atoms with E-state index in [2.05, 4.69) is 23.6 Å². The lowest BCUT2D eigenvalue weighted by Crippen LogP contribution is -2.43. The van der Waals surface area contributed by atoms with Crippen LogP contribution in [0.1, 0.15) is 46.5 Å². The van der Waals surface area contributed by atoms with Gasteiger partial charge in [-0.15, -0.1) is 0 Å². The number of piperidine rings is 2. The molecule has 2 aliphatic heterocycles. The molecule has 0 aromatic heterocycles. The standard InChI is InChI=1S/C17H34N2O/c1-14(2)16-4-8-18(9-5-16)12-13-19-10-6-17(7-11-19)15(3)20/h14-17,20H,4-13H2,1-3H3. The van der Waals surface area contributed by atoms with Gasteiger partial charge in [-0.05, 0) is 76.5 Å². The summed E-state index contributed by atoms with van der Waals surface area (Å²) in [5.74, 6) is 2.35. The van der Waals surface area contributed by atoms with E-state index in [4.69, 9.17) is 0 Å². The Morgan fingerprint density at radius 2 is 1.20 bits per heavy atom. The van der Waals surface area contributed by atoms with Crippen LogP contribution >= 0.6 is 0 Å². The zero-order valence-corrected chi connectivity index (χ0v) is 13.7. The minimum absolute atomic E-state index is 0.118. The molecular weight excluding hydrogens is 248 g/mol. The first-order chi connectivity index (χ1) is 9.56. The van der Waals surface area contributed by atoms with Gasteiger partial charge in [0.25, 0.3) is 0 Å². The van der Waals surface area contributed by atoms with Gasteiger partial charge < -0.3 is 14.9 Å². The number of nitrogens with zero attached hydrogens (tertiary/aromatic N) is 2. The van der Waals surface area contributed by atoms with Gasteiger partial charge in [-0.25, -0.2) is 0 Å². The van der Waals surface area contributed by atoms with Gasteiger partial charge in [0, 0.05) is 13.1 Å². The van der Waals surface area contributed by atoms with Crippen molar-refractivity contribution in [1.29, 1.82) is 0 Å². The Kier molecular flexibility index (Phi) is 6.31. The Balaban J connectivity index is 1.60. The van der Waals surface area contributed by atoms with E-state index in [1.54, 1.807) is 0 Å². The van der Waals surface area contributed by atoms with Crippen molar-refractivity contribution in [3.63, 3.8) is 0 Å². The summed E-state index contributed by atoms with van der Waals surface area (Å²) >= 11 is 0. The predicted molar refractivity (Wildman–Crippen MR) is 84.8 cm³/mol. The highest BCUT2D eigenvalue weighted by molar-refractivity contribution is 4.78. The molecule has 0 saturated carbocycles. The maximum atomic E-state index is 9.64. The highest BCUT2D eigenvalue weighted by atomic mass is 16.3. The summed E-state index contributed by atoms with van der Waals surface area (Å²) < 4.78 is 0. The Hall–Kier alpha value is -0.120. The quantitative estimate of drug-likeness (QED) is 0.839. The van der Waals surface area contributed by atoms with Gasteiger partial charge in [0.1, 0.15) is 0 Å². The van der Waals surface area contributed by atoms with Crippen molar-refractivity contribution < 1.29 is 5.11 Å². The Bertz CT molecular complexity index is 236. The van der Waals surface area contributed by atoms with Crippen LogP contribution in [0.2, 0.25) is 0 Å². The van der Waals surface area contributed by atoms with Crippen molar-refractivity contribution in [2.45, 2.75) is 52.6 Å². The summed E-state index contributed by atoms with van der Waals surface area (Å²) in [7, 11) is 0. The van der Waals surface area contributed by atoms with E-state index < -0.39 is 0 Å². The molecule has 2 rings (SSSR count). The van der Waals surface area contributed by atoms with Crippen LogP contribution in [-0.4, -0.2) is 60.3 Å². The van der Waals surface area contributed by atoms with Crippen molar-refractivity contribution >= 4 is 0 Å². The fourth-order valence-electron chi connectivity index (χ4n) is 3.78. The van der Waals surface area contributed by atoms with Crippen LogP contribution in [0.5, 0.6) is 0 Å². The number of likely N-dealkylation sites (tertiary alicyclic amines) is 2. The molecular formula is C17H34N2O. The molecule has 3 heteroatoms. The van der Waals surface area contributed by atoms with Crippen LogP contribution in [0.3, 0.4) is 0 Å². The van der Waals surface area contributed by atoms with Crippen LogP contribution in [-0.2, 0) is 0 Å². The summed E-state index contributed by atoms with van der Waals surface area (Å²) in [5.41, 5.74) is 0. The van der Waals surface area contributed by atoms with Gasteiger partial charge in [-0.3, -0.25) is 0 Å². The Morgan fingerprint density at radius 1 is 0.800 bits per heavy atom. The molecule has 1 N–H and O–H groups in total. The topological polar surface area (TPSA) is 26.7 Å². The van der Waals surface area contributed by atoms with Crippen molar-refractivity contribution in [3.05, 3.63) is 0 Å². The van der Waals surface area contributed by atoms with Crippen LogP contribution in [0, 0.1) is 17.8 Å². The predicted octanol–water partition coefficient (Wildman–Crippen LogP) is 2.45. The number of aliphatic hydroxyl groups is 1. The third-order valence-electron chi connectivity index (χ3n) is 5.62. The summed E-state index contributed by atoms with van der Waals surface area (Å²) in [5, 5.41) is 9.64. The van der Waals surface area contributed by atoms with Crippen molar-refractivity contribution in [2.24, 2.45) is 17.8 Å². The van der Waals surface area contributed by atoms with Crippen LogP contribution in [0.4, 0.5) is 0 Å². The van der Waals surface area contributed by atoms with Gasteiger partial charge in [0.05, 0.1) is 6.10 Å². The van der Waals surface area contributed by atoms with Crippen LogP contribution in [0.15, 0.2) is 0 Å². The van der Waals surface area contributed by atoms with Gasteiger partial charge in [-0.2, -0.15) is 0 Å². The molecule has 3 nitrogen and oxygen atoms in total. The molecule has 0 aromatic rings. The second kappa shape index (κ2) is 7.77. The van der Waals surface area contributed by atoms with Crippen molar-refractivity contribution in [3.8, 4) is 0 Å². The molecule has 0 radical (unpaired) electrons. The van der Waals surface area contributed by atoms with Gasteiger partial charge >= 0.3 is 0 Å². The monoisotopic (exact) mass is 282 g/mol. The normalized spacial score (nSPS) is 26.2. The summed E-state index contributed by atoms with van der Waals surface area (Å²) in [4.78, 5) is 5.24. The average Bonchev–Trinajstić information content (AvgIpc) is 2.46. The largest absolute Gasteiger partial charge is 0.393 e. The third kappa shape index (κ3) is 4.71. The van der Waals surface area contributed by atoms with E-state index in [0.29, 0.717) is 5.92 Å². The molecule has 0 amide bonds. The molecule has 20 heavy (non-hydrogen) atoms. The Morgan fingerprint density at radius 3 is 1.55 bits per heavy atom. The maximum Gasteiger partial charge on any atom is 0.0541 e. The van der Waals surface area contributed by atoms with E-state index in [1.165, 1.54) is 65.0 Å². The fourth-order valence-corrected chi connectivity index (χ4v) is 3.78. The molecule has 2 aliphatic rings. The third-order valence-corrected chi connectivity index (χ3v) is 5.62. The van der Waals surface area contributed by atoms with Gasteiger partial charge in [0.2, 0.25) is 0 Å². The smallest absolute Gasteiger partial charge is 0.0541 e. The first kappa shape index (κ1) is 16.3. The molecule has 0 aliphatic carbocycles. The number of hydrogen-bond acceptors (Lipinski definition) is 3. The fraction of sp³-hybridized carbons (Fsp3) is 1.00. The van der Waals surface area contributed by atoms with E-state index in [-0.39, 0.29) is 6.10 Å². The number of aliphatic hydroxyl groups excluding tert-OH is 1. The molecule has 2 fully saturated rings. The molecule has 0 aromatic carbocycles. The van der Waals surface area contributed by atoms with Gasteiger partial charge in [-0.1, -0.05) is 13.8 Å². The van der Waals surface area contributed by atoms with Crippen LogP contribution in [0.25, 0.3) is 0 Å². The van der Waals surface area contributed by atoms with Gasteiger partial charge in [0.15, 0.2) is 0 Å². The lowest BCUT2D eigenvalue weighted by molar-refractivity contribution is 0.0647. The highest BCUT2D eigenvalue weighted by Gasteiger charge is 2.24. The van der Waals surface area contributed by atoms with Crippen LogP contribution < -0.4 is 0 Å². The summed E-state index contributed by atoms with van der Waals surface area (Å²) in [6.07, 6.45) is 5.01. The summed E-state index contributed by atoms with van der Waals surface area (Å²) in [6, 6.07) is 0. The second-order valence-corrected chi connectivity index (χ2v) is 7.34. The average molecular weight is 282 g/mol. The molecule has 0 bridgehead atoms. The highest BCUT2D eigenvalue weighted by Crippen LogP contribution is 2.24. The molecule has 1 unspecified atom stereocenters. The SMILES string of the molecule is CC(C)C1CCN(CCN2CCC(C(C)O)CC2)CC1. The van der Waals surface area contributed by atoms with E-state index >= 15 is 0 Å². The number of rotatable bonds is 5. The minimum Gasteiger partial charge on any atom is -0.393 e. The first-order valence-corrected chi connectivity index (χ1v) is 8.69.